The number of aromatic nitrogens is 1. The zero-order chi connectivity index (χ0) is 40.9. The second-order valence-electron chi connectivity index (χ2n) is 13.4. The number of nitrogens with zero attached hydrogens (tertiary/aromatic N) is 2. The second kappa shape index (κ2) is 14.1. The Bertz CT molecular complexity index is 3150. The molecule has 2 heterocycles. The number of hydrogen-bond acceptors (Lipinski definition) is 2. The Morgan fingerprint density at radius 3 is 1.64 bits per heavy atom. The molecule has 0 unspecified atom stereocenters. The molecule has 0 saturated heterocycles. The summed E-state index contributed by atoms with van der Waals surface area (Å²) in [6, 6.07) is 63.8. The van der Waals surface area contributed by atoms with E-state index >= 15 is 0 Å². The largest absolute Gasteiger partial charge is 0.309 e. The van der Waals surface area contributed by atoms with Crippen molar-refractivity contribution in [3.63, 3.8) is 0 Å². The van der Waals surface area contributed by atoms with Crippen molar-refractivity contribution >= 4 is 49.5 Å². The topological polar surface area (TPSA) is 8.17 Å². The monoisotopic (exact) mass is 725 g/mol. The molecule has 2 nitrogen and oxygen atoms in total. The maximum Gasteiger partial charge on any atom is 0.101 e. The average Bonchev–Trinajstić information content (AvgIpc) is 3.92. The van der Waals surface area contributed by atoms with Crippen LogP contribution < -0.4 is 4.90 Å². The first-order chi connectivity index (χ1) is 29.3. The van der Waals surface area contributed by atoms with E-state index in [1.54, 1.807) is 11.3 Å². The summed E-state index contributed by atoms with van der Waals surface area (Å²) >= 11 is 1.69. The molecule has 0 saturated carbocycles. The summed E-state index contributed by atoms with van der Waals surface area (Å²) in [5.41, 5.74) is 11.7. The number of para-hydroxylation sites is 2. The van der Waals surface area contributed by atoms with Crippen LogP contribution in [-0.2, 0) is 0 Å². The third-order valence-corrected chi connectivity index (χ3v) is 11.3. The molecular formula is C52H36N2S. The molecule has 260 valence electrons. The highest BCUT2D eigenvalue weighted by Crippen LogP contribution is 2.43. The maximum absolute atomic E-state index is 8.53. The van der Waals surface area contributed by atoms with Gasteiger partial charge in [0.1, 0.15) is 5.00 Å². The quantitative estimate of drug-likeness (QED) is 0.151. The van der Waals surface area contributed by atoms with E-state index in [-0.39, 0.29) is 29.7 Å². The molecule has 2 aromatic heterocycles. The normalized spacial score (nSPS) is 12.5. The molecule has 0 bridgehead atoms. The molecule has 0 aliphatic heterocycles. The number of benzene rings is 8. The standard InChI is InChI=1S/C52H36N2S/c1-4-12-37(13-5-1)39-24-29-45(30-25-39)53(46-31-26-40(27-32-46)38-14-6-2-7-15-38)52-35-34-51(55-52)42-22-20-41(21-23-42)43-28-33-48-47-18-10-11-19-49(47)54(50(48)36-43)44-16-8-3-9-17-44/h1-36H/i1D,4D,5D,12D,13D. The van der Waals surface area contributed by atoms with Crippen LogP contribution in [0.3, 0.4) is 0 Å². The maximum atomic E-state index is 8.53. The van der Waals surface area contributed by atoms with Gasteiger partial charge in [-0.3, -0.25) is 0 Å². The first-order valence-corrected chi connectivity index (χ1v) is 19.1. The van der Waals surface area contributed by atoms with Gasteiger partial charge >= 0.3 is 0 Å². The van der Waals surface area contributed by atoms with Crippen LogP contribution in [0.15, 0.2) is 218 Å². The Kier molecular flexibility index (Phi) is 7.10. The smallest absolute Gasteiger partial charge is 0.101 e. The minimum Gasteiger partial charge on any atom is -0.309 e. The SMILES string of the molecule is [2H]c1c([2H])c([2H])c(-c2ccc(N(c3ccc(-c4ccccc4)cc3)c3ccc(-c4ccc(-c5ccc6c7ccccc7n(-c7ccccc7)c6c5)cc4)s3)cc2)c([2H])c1[2H]. The van der Waals surface area contributed by atoms with Crippen LogP contribution in [0.4, 0.5) is 16.4 Å². The second-order valence-corrected chi connectivity index (χ2v) is 14.5. The fourth-order valence-corrected chi connectivity index (χ4v) is 8.50. The summed E-state index contributed by atoms with van der Waals surface area (Å²) in [5.74, 6) is 0. The van der Waals surface area contributed by atoms with Gasteiger partial charge in [0.25, 0.3) is 0 Å². The van der Waals surface area contributed by atoms with Gasteiger partial charge in [-0.15, -0.1) is 11.3 Å². The van der Waals surface area contributed by atoms with Gasteiger partial charge in [-0.25, -0.2) is 0 Å². The summed E-state index contributed by atoms with van der Waals surface area (Å²) in [5, 5.41) is 3.47. The van der Waals surface area contributed by atoms with Crippen LogP contribution in [-0.4, -0.2) is 4.57 Å². The molecule has 0 N–H and O–H groups in total. The average molecular weight is 726 g/mol. The predicted octanol–water partition coefficient (Wildman–Crippen LogP) is 15.0. The van der Waals surface area contributed by atoms with E-state index in [0.29, 0.717) is 5.56 Å². The van der Waals surface area contributed by atoms with Crippen molar-refractivity contribution in [2.45, 2.75) is 0 Å². The van der Waals surface area contributed by atoms with E-state index in [4.69, 9.17) is 6.85 Å². The van der Waals surface area contributed by atoms with Crippen molar-refractivity contribution < 1.29 is 6.85 Å². The Morgan fingerprint density at radius 2 is 0.927 bits per heavy atom. The zero-order valence-corrected chi connectivity index (χ0v) is 30.5. The molecule has 0 radical (unpaired) electrons. The van der Waals surface area contributed by atoms with Crippen LogP contribution >= 0.6 is 11.3 Å². The Morgan fingerprint density at radius 1 is 0.400 bits per heavy atom. The van der Waals surface area contributed by atoms with Gasteiger partial charge in [0.15, 0.2) is 0 Å². The molecule has 3 heteroatoms. The third kappa shape index (κ3) is 6.21. The number of hydrogen-bond donors (Lipinski definition) is 0. The van der Waals surface area contributed by atoms with Crippen LogP contribution in [0.1, 0.15) is 6.85 Å². The fraction of sp³-hybridized carbons (Fsp3) is 0. The molecule has 10 rings (SSSR count). The van der Waals surface area contributed by atoms with E-state index in [9.17, 15) is 0 Å². The van der Waals surface area contributed by atoms with Gasteiger partial charge in [-0.05, 0) is 99.6 Å². The van der Waals surface area contributed by atoms with Gasteiger partial charge in [0.05, 0.1) is 17.9 Å². The molecular weight excluding hydrogens is 685 g/mol. The highest BCUT2D eigenvalue weighted by atomic mass is 32.1. The first kappa shape index (κ1) is 27.6. The lowest BCUT2D eigenvalue weighted by atomic mass is 10.0. The highest BCUT2D eigenvalue weighted by molar-refractivity contribution is 7.19. The lowest BCUT2D eigenvalue weighted by Crippen LogP contribution is -2.08. The Hall–Kier alpha value is -6.94. The van der Waals surface area contributed by atoms with Crippen molar-refractivity contribution in [2.75, 3.05) is 4.90 Å². The number of fused-ring (bicyclic) bond motifs is 3. The van der Waals surface area contributed by atoms with Crippen LogP contribution in [0.5, 0.6) is 0 Å². The summed E-state index contributed by atoms with van der Waals surface area (Å²) in [6.07, 6.45) is 0. The van der Waals surface area contributed by atoms with E-state index in [1.165, 1.54) is 21.8 Å². The Labute approximate surface area is 332 Å². The van der Waals surface area contributed by atoms with Gasteiger partial charge in [-0.1, -0.05) is 158 Å². The van der Waals surface area contributed by atoms with Gasteiger partial charge in [-0.2, -0.15) is 0 Å². The summed E-state index contributed by atoms with van der Waals surface area (Å²) in [6.45, 7) is 0. The minimum atomic E-state index is -0.400. The zero-order valence-electron chi connectivity index (χ0n) is 34.7. The van der Waals surface area contributed by atoms with Crippen LogP contribution in [0.2, 0.25) is 0 Å². The minimum absolute atomic E-state index is 0.187. The molecule has 0 aliphatic rings. The van der Waals surface area contributed by atoms with E-state index in [2.05, 4.69) is 155 Å². The number of rotatable bonds is 8. The van der Waals surface area contributed by atoms with E-state index in [1.807, 2.05) is 42.5 Å². The molecule has 0 amide bonds. The number of thiophene rings is 1. The summed E-state index contributed by atoms with van der Waals surface area (Å²) < 4.78 is 43.8. The van der Waals surface area contributed by atoms with Crippen molar-refractivity contribution in [2.24, 2.45) is 0 Å². The number of anilines is 3. The fourth-order valence-electron chi connectivity index (χ4n) is 7.44. The van der Waals surface area contributed by atoms with Crippen LogP contribution in [0.25, 0.3) is 71.3 Å². The van der Waals surface area contributed by atoms with Crippen LogP contribution in [0, 0.1) is 0 Å². The first-order valence-electron chi connectivity index (χ1n) is 20.8. The lowest BCUT2D eigenvalue weighted by molar-refractivity contribution is 1.18. The van der Waals surface area contributed by atoms with E-state index < -0.39 is 6.04 Å². The molecule has 0 atom stereocenters. The van der Waals surface area contributed by atoms with Crippen molar-refractivity contribution in [1.82, 2.24) is 4.57 Å². The van der Waals surface area contributed by atoms with E-state index in [0.717, 1.165) is 54.8 Å². The van der Waals surface area contributed by atoms with Crippen molar-refractivity contribution in [3.8, 4) is 49.5 Å². The Balaban J connectivity index is 1.000. The lowest BCUT2D eigenvalue weighted by Gasteiger charge is -2.24. The molecule has 10 aromatic rings. The molecule has 0 aliphatic carbocycles. The summed E-state index contributed by atoms with van der Waals surface area (Å²) in [7, 11) is 0. The highest BCUT2D eigenvalue weighted by Gasteiger charge is 2.17. The molecule has 0 fully saturated rings. The predicted molar refractivity (Wildman–Crippen MR) is 235 cm³/mol. The van der Waals surface area contributed by atoms with Gasteiger partial charge in [0.2, 0.25) is 0 Å². The summed E-state index contributed by atoms with van der Waals surface area (Å²) in [4.78, 5) is 3.32. The molecule has 8 aromatic carbocycles. The van der Waals surface area contributed by atoms with Crippen molar-refractivity contribution in [3.05, 3.63) is 218 Å². The van der Waals surface area contributed by atoms with Gasteiger partial charge < -0.3 is 9.47 Å². The van der Waals surface area contributed by atoms with Crippen molar-refractivity contribution in [1.29, 1.82) is 0 Å². The molecule has 0 spiro atoms. The third-order valence-electron chi connectivity index (χ3n) is 10.1. The molecule has 55 heavy (non-hydrogen) atoms. The van der Waals surface area contributed by atoms with Gasteiger partial charge in [0, 0.05) is 32.7 Å².